The quantitative estimate of drug-likeness (QED) is 0.737. The number of hydrogen-bond donors (Lipinski definition) is 1. The van der Waals surface area contributed by atoms with Crippen molar-refractivity contribution in [3.8, 4) is 0 Å². The molecule has 0 bridgehead atoms. The predicted molar refractivity (Wildman–Crippen MR) is 65.7 cm³/mol. The molecule has 1 unspecified atom stereocenters. The van der Waals surface area contributed by atoms with Crippen LogP contribution in [0.1, 0.15) is 19.8 Å². The number of nitrogens with one attached hydrogen (secondary N) is 1. The fraction of sp³-hybridized carbons (Fsp3) is 0.917. The minimum atomic E-state index is -0.0680. The van der Waals surface area contributed by atoms with Gasteiger partial charge >= 0.3 is 0 Å². The van der Waals surface area contributed by atoms with Gasteiger partial charge in [0.15, 0.2) is 6.29 Å². The fourth-order valence-electron chi connectivity index (χ4n) is 1.92. The van der Waals surface area contributed by atoms with E-state index < -0.39 is 0 Å². The molecule has 5 heteroatoms. The topological polar surface area (TPSA) is 50.8 Å². The molecular formula is C12H24N2O3. The Bertz CT molecular complexity index is 230. The van der Waals surface area contributed by atoms with Crippen molar-refractivity contribution in [1.29, 1.82) is 0 Å². The van der Waals surface area contributed by atoms with Crippen molar-refractivity contribution in [3.63, 3.8) is 0 Å². The molecule has 0 spiro atoms. The lowest BCUT2D eigenvalue weighted by molar-refractivity contribution is -0.182. The molecule has 1 rings (SSSR count). The summed E-state index contributed by atoms with van der Waals surface area (Å²) >= 11 is 0. The monoisotopic (exact) mass is 244 g/mol. The lowest BCUT2D eigenvalue weighted by Crippen LogP contribution is -2.36. The fourth-order valence-corrected chi connectivity index (χ4v) is 1.92. The SMILES string of the molecule is CNC(=O)C(C)CN(C)CCC1OCCCO1. The van der Waals surface area contributed by atoms with E-state index in [1.54, 1.807) is 7.05 Å². The summed E-state index contributed by atoms with van der Waals surface area (Å²) in [6, 6.07) is 0. The average molecular weight is 244 g/mol. The van der Waals surface area contributed by atoms with Gasteiger partial charge in [0.1, 0.15) is 0 Å². The van der Waals surface area contributed by atoms with Crippen LogP contribution in [0.3, 0.4) is 0 Å². The molecule has 0 aromatic heterocycles. The van der Waals surface area contributed by atoms with Gasteiger partial charge in [0, 0.05) is 32.5 Å². The molecule has 5 nitrogen and oxygen atoms in total. The number of hydrogen-bond acceptors (Lipinski definition) is 4. The van der Waals surface area contributed by atoms with Gasteiger partial charge in [-0.2, -0.15) is 0 Å². The van der Waals surface area contributed by atoms with E-state index in [-0.39, 0.29) is 18.1 Å². The van der Waals surface area contributed by atoms with E-state index in [0.717, 1.165) is 39.1 Å². The molecule has 1 fully saturated rings. The normalized spacial score (nSPS) is 19.3. The zero-order chi connectivity index (χ0) is 12.7. The first-order valence-corrected chi connectivity index (χ1v) is 6.27. The maximum absolute atomic E-state index is 11.4. The minimum absolute atomic E-state index is 0.0122. The summed E-state index contributed by atoms with van der Waals surface area (Å²) in [5.74, 6) is 0.0974. The van der Waals surface area contributed by atoms with Gasteiger partial charge in [-0.25, -0.2) is 0 Å². The second-order valence-corrected chi connectivity index (χ2v) is 4.59. The number of carbonyl (C=O) groups is 1. The molecule has 1 saturated heterocycles. The summed E-state index contributed by atoms with van der Waals surface area (Å²) in [5, 5.41) is 2.66. The number of nitrogens with zero attached hydrogens (tertiary/aromatic N) is 1. The summed E-state index contributed by atoms with van der Waals surface area (Å²) in [6.45, 7) is 5.16. The molecule has 1 aliphatic rings. The second-order valence-electron chi connectivity index (χ2n) is 4.59. The van der Waals surface area contributed by atoms with Crippen molar-refractivity contribution in [2.45, 2.75) is 26.1 Å². The Morgan fingerprint density at radius 2 is 2.12 bits per heavy atom. The van der Waals surface area contributed by atoms with Crippen LogP contribution in [-0.2, 0) is 14.3 Å². The maximum atomic E-state index is 11.4. The van der Waals surface area contributed by atoms with Gasteiger partial charge in [0.05, 0.1) is 13.2 Å². The summed E-state index contributed by atoms with van der Waals surface area (Å²) in [6.07, 6.45) is 1.78. The van der Waals surface area contributed by atoms with Gasteiger partial charge in [-0.1, -0.05) is 6.92 Å². The summed E-state index contributed by atoms with van der Waals surface area (Å²) in [4.78, 5) is 13.5. The van der Waals surface area contributed by atoms with Crippen LogP contribution in [-0.4, -0.2) is 57.5 Å². The van der Waals surface area contributed by atoms with Crippen molar-refractivity contribution in [1.82, 2.24) is 10.2 Å². The molecule has 1 atom stereocenters. The zero-order valence-electron chi connectivity index (χ0n) is 11.1. The van der Waals surface area contributed by atoms with Gasteiger partial charge in [-0.3, -0.25) is 4.79 Å². The van der Waals surface area contributed by atoms with E-state index in [1.807, 2.05) is 14.0 Å². The Morgan fingerprint density at radius 3 is 2.71 bits per heavy atom. The molecule has 0 aromatic rings. The minimum Gasteiger partial charge on any atom is -0.359 e. The number of carbonyl (C=O) groups excluding carboxylic acids is 1. The highest BCUT2D eigenvalue weighted by Crippen LogP contribution is 2.09. The standard InChI is InChI=1S/C12H24N2O3/c1-10(12(15)13-2)9-14(3)6-5-11-16-7-4-8-17-11/h10-11H,4-9H2,1-3H3,(H,13,15). The lowest BCUT2D eigenvalue weighted by atomic mass is 10.1. The van der Waals surface area contributed by atoms with Gasteiger partial charge in [-0.05, 0) is 13.5 Å². The van der Waals surface area contributed by atoms with Crippen LogP contribution < -0.4 is 5.32 Å². The van der Waals surface area contributed by atoms with Gasteiger partial charge < -0.3 is 19.7 Å². The molecule has 1 aliphatic heterocycles. The van der Waals surface area contributed by atoms with Crippen LogP contribution in [0.4, 0.5) is 0 Å². The number of ether oxygens (including phenoxy) is 2. The van der Waals surface area contributed by atoms with Crippen LogP contribution in [0, 0.1) is 5.92 Å². The molecule has 100 valence electrons. The van der Waals surface area contributed by atoms with Crippen LogP contribution in [0.25, 0.3) is 0 Å². The zero-order valence-corrected chi connectivity index (χ0v) is 11.1. The van der Waals surface area contributed by atoms with Crippen molar-refractivity contribution >= 4 is 5.91 Å². The highest BCUT2D eigenvalue weighted by molar-refractivity contribution is 5.78. The van der Waals surface area contributed by atoms with Gasteiger partial charge in [0.2, 0.25) is 5.91 Å². The van der Waals surface area contributed by atoms with E-state index >= 15 is 0 Å². The molecule has 17 heavy (non-hydrogen) atoms. The second kappa shape index (κ2) is 7.63. The summed E-state index contributed by atoms with van der Waals surface area (Å²) < 4.78 is 10.9. The average Bonchev–Trinajstić information content (AvgIpc) is 2.36. The third kappa shape index (κ3) is 5.48. The van der Waals surface area contributed by atoms with Crippen molar-refractivity contribution in [2.24, 2.45) is 5.92 Å². The van der Waals surface area contributed by atoms with Gasteiger partial charge in [-0.15, -0.1) is 0 Å². The first-order valence-electron chi connectivity index (χ1n) is 6.27. The van der Waals surface area contributed by atoms with Crippen LogP contribution >= 0.6 is 0 Å². The Kier molecular flexibility index (Phi) is 6.47. The van der Waals surface area contributed by atoms with E-state index in [1.165, 1.54) is 0 Å². The Balaban J connectivity index is 2.15. The van der Waals surface area contributed by atoms with Crippen LogP contribution in [0.5, 0.6) is 0 Å². The number of rotatable bonds is 6. The predicted octanol–water partition coefficient (Wildman–Crippen LogP) is 0.453. The lowest BCUT2D eigenvalue weighted by Gasteiger charge is -2.26. The third-order valence-corrected chi connectivity index (χ3v) is 2.92. The van der Waals surface area contributed by atoms with Crippen molar-refractivity contribution in [3.05, 3.63) is 0 Å². The maximum Gasteiger partial charge on any atom is 0.223 e. The van der Waals surface area contributed by atoms with E-state index in [2.05, 4.69) is 10.2 Å². The van der Waals surface area contributed by atoms with Crippen molar-refractivity contribution < 1.29 is 14.3 Å². The molecule has 1 amide bonds. The highest BCUT2D eigenvalue weighted by Gasteiger charge is 2.17. The molecule has 0 aromatic carbocycles. The molecular weight excluding hydrogens is 220 g/mol. The van der Waals surface area contributed by atoms with Crippen molar-refractivity contribution in [2.75, 3.05) is 40.4 Å². The van der Waals surface area contributed by atoms with E-state index in [9.17, 15) is 4.79 Å². The molecule has 0 saturated carbocycles. The summed E-state index contributed by atoms with van der Waals surface area (Å²) in [5.41, 5.74) is 0. The van der Waals surface area contributed by atoms with E-state index in [0.29, 0.717) is 0 Å². The highest BCUT2D eigenvalue weighted by atomic mass is 16.7. The Hall–Kier alpha value is -0.650. The molecule has 0 aliphatic carbocycles. The van der Waals surface area contributed by atoms with Gasteiger partial charge in [0.25, 0.3) is 0 Å². The number of amides is 1. The van der Waals surface area contributed by atoms with Crippen LogP contribution in [0.15, 0.2) is 0 Å². The molecule has 1 N–H and O–H groups in total. The molecule has 0 radical (unpaired) electrons. The summed E-state index contributed by atoms with van der Waals surface area (Å²) in [7, 11) is 3.69. The smallest absolute Gasteiger partial charge is 0.223 e. The third-order valence-electron chi connectivity index (χ3n) is 2.92. The molecule has 1 heterocycles. The largest absolute Gasteiger partial charge is 0.359 e. The Morgan fingerprint density at radius 1 is 1.47 bits per heavy atom. The first kappa shape index (κ1) is 14.4. The van der Waals surface area contributed by atoms with E-state index in [4.69, 9.17) is 9.47 Å². The first-order chi connectivity index (χ1) is 8.13. The van der Waals surface area contributed by atoms with Crippen LogP contribution in [0.2, 0.25) is 0 Å². The Labute approximate surface area is 103 Å².